The van der Waals surface area contributed by atoms with Crippen LogP contribution in [0.15, 0.2) is 48.5 Å². The lowest BCUT2D eigenvalue weighted by molar-refractivity contribution is 0.240. The lowest BCUT2D eigenvalue weighted by Crippen LogP contribution is -2.34. The molecule has 0 unspecified atom stereocenters. The second-order valence-corrected chi connectivity index (χ2v) is 4.95. The highest BCUT2D eigenvalue weighted by molar-refractivity contribution is 6.30. The molecule has 0 saturated heterocycles. The molecule has 0 aliphatic carbocycles. The number of rotatable bonds is 5. The van der Waals surface area contributed by atoms with E-state index in [0.717, 1.165) is 16.9 Å². The van der Waals surface area contributed by atoms with Crippen molar-refractivity contribution >= 4 is 17.6 Å². The SMILES string of the molecule is COc1cccc(CNC(=O)NCc2cccc(Cl)c2)c1. The van der Waals surface area contributed by atoms with Gasteiger partial charge in [-0.05, 0) is 35.4 Å². The Morgan fingerprint density at radius 2 is 1.67 bits per heavy atom. The third-order valence-corrected chi connectivity index (χ3v) is 3.16. The fraction of sp³-hybridized carbons (Fsp3) is 0.188. The van der Waals surface area contributed by atoms with E-state index in [4.69, 9.17) is 16.3 Å². The van der Waals surface area contributed by atoms with Crippen LogP contribution in [-0.4, -0.2) is 13.1 Å². The fourth-order valence-corrected chi connectivity index (χ4v) is 2.07. The molecule has 110 valence electrons. The number of ether oxygens (including phenoxy) is 1. The summed E-state index contributed by atoms with van der Waals surface area (Å²) in [5.41, 5.74) is 1.94. The number of amides is 2. The van der Waals surface area contributed by atoms with Crippen molar-refractivity contribution in [3.05, 3.63) is 64.7 Å². The van der Waals surface area contributed by atoms with E-state index >= 15 is 0 Å². The maximum Gasteiger partial charge on any atom is 0.315 e. The first-order valence-electron chi connectivity index (χ1n) is 6.56. The van der Waals surface area contributed by atoms with Crippen molar-refractivity contribution in [2.45, 2.75) is 13.1 Å². The molecule has 2 amide bonds. The number of carbonyl (C=O) groups is 1. The van der Waals surface area contributed by atoms with Crippen molar-refractivity contribution < 1.29 is 9.53 Å². The molecule has 2 rings (SSSR count). The zero-order valence-electron chi connectivity index (χ0n) is 11.7. The van der Waals surface area contributed by atoms with Crippen LogP contribution in [0.1, 0.15) is 11.1 Å². The van der Waals surface area contributed by atoms with Crippen molar-refractivity contribution in [3.63, 3.8) is 0 Å². The highest BCUT2D eigenvalue weighted by Gasteiger charge is 2.02. The van der Waals surface area contributed by atoms with E-state index < -0.39 is 0 Å². The number of urea groups is 1. The van der Waals surface area contributed by atoms with Gasteiger partial charge in [0.25, 0.3) is 0 Å². The minimum atomic E-state index is -0.224. The highest BCUT2D eigenvalue weighted by atomic mass is 35.5. The molecule has 0 radical (unpaired) electrons. The van der Waals surface area contributed by atoms with E-state index in [0.29, 0.717) is 18.1 Å². The molecule has 0 aliphatic rings. The van der Waals surface area contributed by atoms with Crippen LogP contribution in [-0.2, 0) is 13.1 Å². The van der Waals surface area contributed by atoms with Crippen LogP contribution in [0, 0.1) is 0 Å². The standard InChI is InChI=1S/C16H17ClN2O2/c1-21-15-7-3-5-13(9-15)11-19-16(20)18-10-12-4-2-6-14(17)8-12/h2-9H,10-11H2,1H3,(H2,18,19,20). The smallest absolute Gasteiger partial charge is 0.315 e. The fourth-order valence-electron chi connectivity index (χ4n) is 1.86. The minimum Gasteiger partial charge on any atom is -0.497 e. The molecule has 5 heteroatoms. The van der Waals surface area contributed by atoms with Gasteiger partial charge >= 0.3 is 6.03 Å². The van der Waals surface area contributed by atoms with Gasteiger partial charge in [-0.3, -0.25) is 0 Å². The van der Waals surface area contributed by atoms with Gasteiger partial charge in [-0.15, -0.1) is 0 Å². The van der Waals surface area contributed by atoms with Gasteiger partial charge in [-0.2, -0.15) is 0 Å². The van der Waals surface area contributed by atoms with Crippen LogP contribution in [0.25, 0.3) is 0 Å². The van der Waals surface area contributed by atoms with Gasteiger partial charge in [0.15, 0.2) is 0 Å². The van der Waals surface area contributed by atoms with E-state index in [9.17, 15) is 4.79 Å². The first-order chi connectivity index (χ1) is 10.2. The Hall–Kier alpha value is -2.20. The number of halogens is 1. The van der Waals surface area contributed by atoms with Crippen LogP contribution in [0.3, 0.4) is 0 Å². The Morgan fingerprint density at radius 3 is 2.29 bits per heavy atom. The maximum absolute atomic E-state index is 11.7. The number of hydrogen-bond donors (Lipinski definition) is 2. The van der Waals surface area contributed by atoms with E-state index in [-0.39, 0.29) is 6.03 Å². The van der Waals surface area contributed by atoms with Crippen LogP contribution in [0.2, 0.25) is 5.02 Å². The second kappa shape index (κ2) is 7.55. The average molecular weight is 305 g/mol. The van der Waals surface area contributed by atoms with Crippen LogP contribution >= 0.6 is 11.6 Å². The van der Waals surface area contributed by atoms with Crippen molar-refractivity contribution in [1.29, 1.82) is 0 Å². The van der Waals surface area contributed by atoms with Crippen LogP contribution in [0.5, 0.6) is 5.75 Å². The zero-order chi connectivity index (χ0) is 15.1. The Balaban J connectivity index is 1.79. The highest BCUT2D eigenvalue weighted by Crippen LogP contribution is 2.12. The first kappa shape index (κ1) is 15.2. The molecule has 2 aromatic carbocycles. The van der Waals surface area contributed by atoms with Gasteiger partial charge < -0.3 is 15.4 Å². The monoisotopic (exact) mass is 304 g/mol. The molecule has 0 bridgehead atoms. The van der Waals surface area contributed by atoms with Crippen molar-refractivity contribution in [2.24, 2.45) is 0 Å². The van der Waals surface area contributed by atoms with Crippen LogP contribution in [0.4, 0.5) is 4.79 Å². The van der Waals surface area contributed by atoms with Gasteiger partial charge in [0.05, 0.1) is 7.11 Å². The van der Waals surface area contributed by atoms with Gasteiger partial charge in [-0.25, -0.2) is 4.79 Å². The van der Waals surface area contributed by atoms with Gasteiger partial charge in [0.1, 0.15) is 5.75 Å². The Kier molecular flexibility index (Phi) is 5.46. The molecule has 0 aromatic heterocycles. The van der Waals surface area contributed by atoms with Crippen molar-refractivity contribution in [1.82, 2.24) is 10.6 Å². The summed E-state index contributed by atoms with van der Waals surface area (Å²) in [4.78, 5) is 11.7. The normalized spacial score (nSPS) is 10.0. The average Bonchev–Trinajstić information content (AvgIpc) is 2.51. The summed E-state index contributed by atoms with van der Waals surface area (Å²) in [5, 5.41) is 6.24. The molecular weight excluding hydrogens is 288 g/mol. The quantitative estimate of drug-likeness (QED) is 0.890. The van der Waals surface area contributed by atoms with E-state index in [1.165, 1.54) is 0 Å². The third-order valence-electron chi connectivity index (χ3n) is 2.93. The topological polar surface area (TPSA) is 50.4 Å². The number of benzene rings is 2. The number of nitrogens with one attached hydrogen (secondary N) is 2. The Bertz CT molecular complexity index is 617. The Labute approximate surface area is 129 Å². The molecule has 0 aliphatic heterocycles. The van der Waals surface area contributed by atoms with E-state index in [1.807, 2.05) is 42.5 Å². The predicted octanol–water partition coefficient (Wildman–Crippen LogP) is 3.35. The predicted molar refractivity (Wildman–Crippen MR) is 83.5 cm³/mol. The number of hydrogen-bond acceptors (Lipinski definition) is 2. The third kappa shape index (κ3) is 5.00. The summed E-state index contributed by atoms with van der Waals surface area (Å²) < 4.78 is 5.14. The summed E-state index contributed by atoms with van der Waals surface area (Å²) in [6, 6.07) is 14.7. The molecule has 0 fully saturated rings. The lowest BCUT2D eigenvalue weighted by atomic mass is 10.2. The summed E-state index contributed by atoms with van der Waals surface area (Å²) in [7, 11) is 1.62. The minimum absolute atomic E-state index is 0.224. The van der Waals surface area contributed by atoms with Crippen molar-refractivity contribution in [3.8, 4) is 5.75 Å². The zero-order valence-corrected chi connectivity index (χ0v) is 12.5. The maximum atomic E-state index is 11.7. The van der Waals surface area contributed by atoms with Gasteiger partial charge in [0, 0.05) is 18.1 Å². The number of methoxy groups -OCH3 is 1. The first-order valence-corrected chi connectivity index (χ1v) is 6.94. The molecule has 0 spiro atoms. The lowest BCUT2D eigenvalue weighted by Gasteiger charge is -2.09. The molecule has 0 saturated carbocycles. The summed E-state index contributed by atoms with van der Waals surface area (Å²) in [6.07, 6.45) is 0. The molecule has 0 heterocycles. The summed E-state index contributed by atoms with van der Waals surface area (Å²) in [5.74, 6) is 0.772. The Morgan fingerprint density at radius 1 is 1.05 bits per heavy atom. The summed E-state index contributed by atoms with van der Waals surface area (Å²) >= 11 is 5.89. The van der Waals surface area contributed by atoms with Gasteiger partial charge in [-0.1, -0.05) is 35.9 Å². The van der Waals surface area contributed by atoms with E-state index in [2.05, 4.69) is 10.6 Å². The van der Waals surface area contributed by atoms with E-state index in [1.54, 1.807) is 13.2 Å². The molecule has 2 aromatic rings. The molecule has 2 N–H and O–H groups in total. The van der Waals surface area contributed by atoms with Crippen LogP contribution < -0.4 is 15.4 Å². The second-order valence-electron chi connectivity index (χ2n) is 4.52. The summed E-state index contributed by atoms with van der Waals surface area (Å²) in [6.45, 7) is 0.878. The van der Waals surface area contributed by atoms with Gasteiger partial charge in [0.2, 0.25) is 0 Å². The largest absolute Gasteiger partial charge is 0.497 e. The number of carbonyl (C=O) groups excluding carboxylic acids is 1. The molecular formula is C16H17ClN2O2. The van der Waals surface area contributed by atoms with Crippen molar-refractivity contribution in [2.75, 3.05) is 7.11 Å². The molecule has 21 heavy (non-hydrogen) atoms. The molecule has 4 nitrogen and oxygen atoms in total. The molecule has 0 atom stereocenters.